The molecule has 0 radical (unpaired) electrons. The summed E-state index contributed by atoms with van der Waals surface area (Å²) in [5.74, 6) is 1.63. The molecule has 118 valence electrons. The van der Waals surface area contributed by atoms with E-state index in [1.54, 1.807) is 12.1 Å². The van der Waals surface area contributed by atoms with Crippen molar-refractivity contribution >= 4 is 34.8 Å². The summed E-state index contributed by atoms with van der Waals surface area (Å²) >= 11 is 12.6. The molecule has 1 amide bonds. The number of rotatable bonds is 2. The molecule has 3 fully saturated rings. The van der Waals surface area contributed by atoms with Gasteiger partial charge in [-0.3, -0.25) is 4.79 Å². The van der Waals surface area contributed by atoms with Crippen molar-refractivity contribution in [2.75, 3.05) is 5.32 Å². The Hall–Kier alpha value is -0.800. The molecule has 3 aliphatic carbocycles. The predicted octanol–water partition coefficient (Wildman–Crippen LogP) is 4.62. The molecule has 2 nitrogen and oxygen atoms in total. The van der Waals surface area contributed by atoms with Crippen LogP contribution in [0.15, 0.2) is 24.3 Å². The minimum absolute atomic E-state index is 0.0696. The smallest absolute Gasteiger partial charge is 0.228 e. The van der Waals surface area contributed by atoms with Gasteiger partial charge in [0.25, 0.3) is 0 Å². The summed E-state index contributed by atoms with van der Waals surface area (Å²) in [6.07, 6.45) is 4.13. The number of hydrogen-bond acceptors (Lipinski definition) is 1. The zero-order valence-corrected chi connectivity index (χ0v) is 13.6. The van der Waals surface area contributed by atoms with Gasteiger partial charge >= 0.3 is 0 Å². The van der Waals surface area contributed by atoms with E-state index < -0.39 is 4.33 Å². The lowest BCUT2D eigenvalue weighted by Gasteiger charge is -2.05. The largest absolute Gasteiger partial charge is 0.326 e. The maximum Gasteiger partial charge on any atom is 0.228 e. The topological polar surface area (TPSA) is 29.1 Å². The fourth-order valence-electron chi connectivity index (χ4n) is 4.37. The van der Waals surface area contributed by atoms with E-state index in [4.69, 9.17) is 23.2 Å². The van der Waals surface area contributed by atoms with Crippen LogP contribution in [0.3, 0.4) is 0 Å². The number of halogens is 3. The van der Waals surface area contributed by atoms with Gasteiger partial charge in [0.15, 0.2) is 0 Å². The summed E-state index contributed by atoms with van der Waals surface area (Å²) in [6.45, 7) is 0. The molecule has 0 spiro atoms. The van der Waals surface area contributed by atoms with Crippen molar-refractivity contribution in [2.45, 2.75) is 30.0 Å². The number of alkyl halides is 2. The van der Waals surface area contributed by atoms with Crippen LogP contribution in [0.4, 0.5) is 10.1 Å². The first kappa shape index (κ1) is 14.8. The lowest BCUT2D eigenvalue weighted by Crippen LogP contribution is -2.15. The molecule has 3 saturated carbocycles. The number of carbonyl (C=O) groups excluding carboxylic acids is 1. The molecule has 5 heteroatoms. The van der Waals surface area contributed by atoms with Crippen LogP contribution >= 0.6 is 23.2 Å². The Labute approximate surface area is 139 Å². The van der Waals surface area contributed by atoms with Crippen LogP contribution in [0.2, 0.25) is 0 Å². The van der Waals surface area contributed by atoms with Crippen LogP contribution in [0.1, 0.15) is 25.7 Å². The quantitative estimate of drug-likeness (QED) is 0.781. The van der Waals surface area contributed by atoms with Crippen LogP contribution in [0.5, 0.6) is 0 Å². The standard InChI is InChI=1S/C17H18Cl2FNO/c18-17(19)13-7-5-11-12(6-8-14(13)17)15(11)16(22)21-10-3-1-9(20)2-4-10/h1-4,11-15H,5-8H2,(H,21,22)/t11-,12-,13-,14+,15?/m0/s1. The van der Waals surface area contributed by atoms with Crippen molar-refractivity contribution in [1.29, 1.82) is 0 Å². The summed E-state index contributed by atoms with van der Waals surface area (Å²) in [5, 5.41) is 2.91. The second kappa shape index (κ2) is 5.10. The zero-order chi connectivity index (χ0) is 15.5. The van der Waals surface area contributed by atoms with Crippen LogP contribution < -0.4 is 5.32 Å². The first-order chi connectivity index (χ1) is 10.5. The number of hydrogen-bond donors (Lipinski definition) is 1. The van der Waals surface area contributed by atoms with Gasteiger partial charge in [-0.2, -0.15) is 0 Å². The van der Waals surface area contributed by atoms with Crippen LogP contribution in [-0.2, 0) is 4.79 Å². The lowest BCUT2D eigenvalue weighted by molar-refractivity contribution is -0.117. The number of nitrogens with one attached hydrogen (secondary N) is 1. The molecular formula is C17H18Cl2FNO. The van der Waals surface area contributed by atoms with Gasteiger partial charge in [0, 0.05) is 11.6 Å². The lowest BCUT2D eigenvalue weighted by atomic mass is 10.0. The van der Waals surface area contributed by atoms with Crippen molar-refractivity contribution in [2.24, 2.45) is 29.6 Å². The highest BCUT2D eigenvalue weighted by Gasteiger charge is 2.65. The molecule has 1 unspecified atom stereocenters. The van der Waals surface area contributed by atoms with E-state index in [1.165, 1.54) is 12.1 Å². The second-order valence-corrected chi connectivity index (χ2v) is 8.34. The highest BCUT2D eigenvalue weighted by atomic mass is 35.5. The Morgan fingerprint density at radius 2 is 1.59 bits per heavy atom. The molecule has 22 heavy (non-hydrogen) atoms. The van der Waals surface area contributed by atoms with Crippen molar-refractivity contribution in [3.05, 3.63) is 30.1 Å². The molecule has 1 aromatic carbocycles. The monoisotopic (exact) mass is 341 g/mol. The van der Waals surface area contributed by atoms with Gasteiger partial charge in [-0.15, -0.1) is 23.2 Å². The summed E-state index contributed by atoms with van der Waals surface area (Å²) in [6, 6.07) is 5.92. The maximum atomic E-state index is 12.9. The van der Waals surface area contributed by atoms with Crippen molar-refractivity contribution in [1.82, 2.24) is 0 Å². The molecular weight excluding hydrogens is 324 g/mol. The molecule has 0 aliphatic heterocycles. The highest BCUT2D eigenvalue weighted by molar-refractivity contribution is 6.51. The Kier molecular flexibility index (Phi) is 3.43. The van der Waals surface area contributed by atoms with Gasteiger partial charge in [0.2, 0.25) is 5.91 Å². The van der Waals surface area contributed by atoms with E-state index in [0.717, 1.165) is 25.7 Å². The molecule has 1 aromatic rings. The fourth-order valence-corrected chi connectivity index (χ4v) is 5.29. The average molecular weight is 342 g/mol. The molecule has 0 heterocycles. The maximum absolute atomic E-state index is 12.9. The molecule has 0 bridgehead atoms. The molecule has 3 aliphatic rings. The summed E-state index contributed by atoms with van der Waals surface area (Å²) in [5.41, 5.74) is 0.661. The van der Waals surface area contributed by atoms with Gasteiger partial charge in [-0.25, -0.2) is 4.39 Å². The van der Waals surface area contributed by atoms with Crippen molar-refractivity contribution < 1.29 is 9.18 Å². The molecule has 0 saturated heterocycles. The number of carbonyl (C=O) groups is 1. The normalized spacial score (nSPS) is 38.0. The predicted molar refractivity (Wildman–Crippen MR) is 85.4 cm³/mol. The Morgan fingerprint density at radius 1 is 1.05 bits per heavy atom. The molecule has 5 atom stereocenters. The Morgan fingerprint density at radius 3 is 2.14 bits per heavy atom. The minimum Gasteiger partial charge on any atom is -0.326 e. The SMILES string of the molecule is O=C(Nc1ccc(F)cc1)C1[C@H]2CC[C@@H]3[C@H](CC[C@H]12)C3(Cl)Cl. The zero-order valence-electron chi connectivity index (χ0n) is 12.1. The van der Waals surface area contributed by atoms with Gasteiger partial charge in [-0.1, -0.05) is 0 Å². The van der Waals surface area contributed by atoms with Gasteiger partial charge in [0.1, 0.15) is 10.2 Å². The van der Waals surface area contributed by atoms with E-state index in [9.17, 15) is 9.18 Å². The average Bonchev–Trinajstić information content (AvgIpc) is 3.26. The third-order valence-electron chi connectivity index (χ3n) is 5.73. The van der Waals surface area contributed by atoms with E-state index in [1.807, 2.05) is 0 Å². The number of anilines is 1. The number of amides is 1. The van der Waals surface area contributed by atoms with Gasteiger partial charge < -0.3 is 5.32 Å². The summed E-state index contributed by atoms with van der Waals surface area (Å²) < 4.78 is 12.4. The first-order valence-corrected chi connectivity index (χ1v) is 8.68. The molecule has 0 aromatic heterocycles. The third kappa shape index (κ3) is 2.43. The molecule has 4 rings (SSSR count). The Balaban J connectivity index is 1.37. The number of benzene rings is 1. The highest BCUT2D eigenvalue weighted by Crippen LogP contribution is 2.67. The fraction of sp³-hybridized carbons (Fsp3) is 0.588. The second-order valence-electron chi connectivity index (χ2n) is 6.89. The van der Waals surface area contributed by atoms with Gasteiger partial charge in [-0.05, 0) is 73.6 Å². The van der Waals surface area contributed by atoms with E-state index in [2.05, 4.69) is 5.32 Å². The van der Waals surface area contributed by atoms with Crippen LogP contribution in [0.25, 0.3) is 0 Å². The third-order valence-corrected chi connectivity index (χ3v) is 6.85. The Bertz CT molecular complexity index is 581. The summed E-state index contributed by atoms with van der Waals surface area (Å²) in [4.78, 5) is 12.4. The van der Waals surface area contributed by atoms with E-state index in [0.29, 0.717) is 29.4 Å². The van der Waals surface area contributed by atoms with E-state index in [-0.39, 0.29) is 17.6 Å². The minimum atomic E-state index is -0.511. The van der Waals surface area contributed by atoms with E-state index >= 15 is 0 Å². The van der Waals surface area contributed by atoms with Crippen LogP contribution in [0, 0.1) is 35.4 Å². The molecule has 1 N–H and O–H groups in total. The van der Waals surface area contributed by atoms with Crippen molar-refractivity contribution in [3.8, 4) is 0 Å². The van der Waals surface area contributed by atoms with Crippen molar-refractivity contribution in [3.63, 3.8) is 0 Å². The summed E-state index contributed by atoms with van der Waals surface area (Å²) in [7, 11) is 0. The number of fused-ring (bicyclic) bond motifs is 2. The van der Waals surface area contributed by atoms with Crippen LogP contribution in [-0.4, -0.2) is 10.2 Å². The van der Waals surface area contributed by atoms with Gasteiger partial charge in [0.05, 0.1) is 0 Å². The first-order valence-electron chi connectivity index (χ1n) is 7.92.